The lowest BCUT2D eigenvalue weighted by Crippen LogP contribution is -2.45. The summed E-state index contributed by atoms with van der Waals surface area (Å²) in [4.78, 5) is 2.49. The molecule has 0 aromatic heterocycles. The predicted octanol–water partition coefficient (Wildman–Crippen LogP) is 0.831. The molecular formula is C11H24N2O. The van der Waals surface area contributed by atoms with Crippen molar-refractivity contribution in [2.24, 2.45) is 0 Å². The van der Waals surface area contributed by atoms with Crippen molar-refractivity contribution in [3.63, 3.8) is 0 Å². The van der Waals surface area contributed by atoms with Gasteiger partial charge in [0.05, 0.1) is 6.61 Å². The van der Waals surface area contributed by atoms with Crippen LogP contribution in [0.15, 0.2) is 0 Å². The van der Waals surface area contributed by atoms with E-state index >= 15 is 0 Å². The molecule has 1 aliphatic rings. The van der Waals surface area contributed by atoms with Crippen molar-refractivity contribution in [3.05, 3.63) is 0 Å². The Balaban J connectivity index is 2.51. The van der Waals surface area contributed by atoms with Gasteiger partial charge >= 0.3 is 0 Å². The van der Waals surface area contributed by atoms with Gasteiger partial charge in [0, 0.05) is 25.2 Å². The van der Waals surface area contributed by atoms with Crippen molar-refractivity contribution < 1.29 is 5.11 Å². The average molecular weight is 200 g/mol. The third-order valence-electron chi connectivity index (χ3n) is 3.27. The van der Waals surface area contributed by atoms with Crippen molar-refractivity contribution in [1.29, 1.82) is 0 Å². The fraction of sp³-hybridized carbons (Fsp3) is 1.00. The van der Waals surface area contributed by atoms with E-state index in [9.17, 15) is 0 Å². The Bertz CT molecular complexity index is 140. The van der Waals surface area contributed by atoms with E-state index in [-0.39, 0.29) is 6.61 Å². The zero-order valence-corrected chi connectivity index (χ0v) is 9.50. The summed E-state index contributed by atoms with van der Waals surface area (Å²) in [6.45, 7) is 7.82. The Hall–Kier alpha value is -0.120. The molecule has 0 amide bonds. The molecule has 1 aliphatic heterocycles. The minimum Gasteiger partial charge on any atom is -0.395 e. The van der Waals surface area contributed by atoms with E-state index in [1.54, 1.807) is 0 Å². The normalized spacial score (nSPS) is 22.5. The van der Waals surface area contributed by atoms with Crippen LogP contribution in [0.4, 0.5) is 0 Å². The maximum absolute atomic E-state index is 9.07. The molecule has 14 heavy (non-hydrogen) atoms. The van der Waals surface area contributed by atoms with Crippen LogP contribution < -0.4 is 5.32 Å². The molecule has 1 saturated heterocycles. The second kappa shape index (κ2) is 6.38. The monoisotopic (exact) mass is 200 g/mol. The SMILES string of the molecule is CCC(CC)N(CCO)C1CCNC1. The molecule has 1 atom stereocenters. The van der Waals surface area contributed by atoms with Crippen LogP contribution in [0, 0.1) is 0 Å². The number of hydrogen-bond donors (Lipinski definition) is 2. The third kappa shape index (κ3) is 2.94. The van der Waals surface area contributed by atoms with Crippen molar-refractivity contribution in [2.75, 3.05) is 26.2 Å². The standard InChI is InChI=1S/C11H24N2O/c1-3-10(4-2)13(7-8-14)11-5-6-12-9-11/h10-12,14H,3-9H2,1-2H3. The van der Waals surface area contributed by atoms with E-state index < -0.39 is 0 Å². The first-order chi connectivity index (χ1) is 6.83. The quantitative estimate of drug-likeness (QED) is 0.667. The van der Waals surface area contributed by atoms with Crippen molar-refractivity contribution in [1.82, 2.24) is 10.2 Å². The minimum absolute atomic E-state index is 0.285. The molecular weight excluding hydrogens is 176 g/mol. The molecule has 0 aromatic carbocycles. The molecule has 0 radical (unpaired) electrons. The van der Waals surface area contributed by atoms with E-state index in [2.05, 4.69) is 24.1 Å². The fourth-order valence-electron chi connectivity index (χ4n) is 2.46. The van der Waals surface area contributed by atoms with Gasteiger partial charge in [0.15, 0.2) is 0 Å². The van der Waals surface area contributed by atoms with E-state index in [0.717, 1.165) is 19.6 Å². The van der Waals surface area contributed by atoms with Gasteiger partial charge in [-0.1, -0.05) is 13.8 Å². The van der Waals surface area contributed by atoms with E-state index in [0.29, 0.717) is 12.1 Å². The smallest absolute Gasteiger partial charge is 0.0558 e. The van der Waals surface area contributed by atoms with Gasteiger partial charge < -0.3 is 10.4 Å². The number of aliphatic hydroxyl groups excluding tert-OH is 1. The Labute approximate surface area is 87.5 Å². The van der Waals surface area contributed by atoms with E-state index in [1.165, 1.54) is 19.3 Å². The highest BCUT2D eigenvalue weighted by Crippen LogP contribution is 2.16. The fourth-order valence-corrected chi connectivity index (χ4v) is 2.46. The first-order valence-electron chi connectivity index (χ1n) is 5.90. The maximum Gasteiger partial charge on any atom is 0.0558 e. The zero-order valence-electron chi connectivity index (χ0n) is 9.50. The summed E-state index contributed by atoms with van der Waals surface area (Å²) in [7, 11) is 0. The predicted molar refractivity (Wildman–Crippen MR) is 59.4 cm³/mol. The molecule has 3 heteroatoms. The molecule has 84 valence electrons. The summed E-state index contributed by atoms with van der Waals surface area (Å²) >= 11 is 0. The van der Waals surface area contributed by atoms with Crippen molar-refractivity contribution in [2.45, 2.75) is 45.2 Å². The molecule has 0 aromatic rings. The van der Waals surface area contributed by atoms with Crippen LogP contribution in [0.5, 0.6) is 0 Å². The van der Waals surface area contributed by atoms with Crippen LogP contribution in [0.3, 0.4) is 0 Å². The Morgan fingerprint density at radius 2 is 2.14 bits per heavy atom. The summed E-state index contributed by atoms with van der Waals surface area (Å²) in [6.07, 6.45) is 3.61. The van der Waals surface area contributed by atoms with Gasteiger partial charge in [-0.15, -0.1) is 0 Å². The van der Waals surface area contributed by atoms with Crippen LogP contribution in [0.2, 0.25) is 0 Å². The topological polar surface area (TPSA) is 35.5 Å². The molecule has 1 unspecified atom stereocenters. The van der Waals surface area contributed by atoms with E-state index in [4.69, 9.17) is 5.11 Å². The maximum atomic E-state index is 9.07. The van der Waals surface area contributed by atoms with Crippen molar-refractivity contribution in [3.8, 4) is 0 Å². The second-order valence-corrected chi connectivity index (χ2v) is 4.08. The zero-order chi connectivity index (χ0) is 10.4. The van der Waals surface area contributed by atoms with E-state index in [1.807, 2.05) is 0 Å². The summed E-state index contributed by atoms with van der Waals surface area (Å²) in [5.74, 6) is 0. The number of rotatable bonds is 6. The second-order valence-electron chi connectivity index (χ2n) is 4.08. The van der Waals surface area contributed by atoms with Crippen LogP contribution in [-0.4, -0.2) is 48.3 Å². The molecule has 0 saturated carbocycles. The minimum atomic E-state index is 0.285. The van der Waals surface area contributed by atoms with Gasteiger partial charge in [-0.2, -0.15) is 0 Å². The highest BCUT2D eigenvalue weighted by atomic mass is 16.3. The largest absolute Gasteiger partial charge is 0.395 e. The van der Waals surface area contributed by atoms with Gasteiger partial charge in [0.25, 0.3) is 0 Å². The number of nitrogens with one attached hydrogen (secondary N) is 1. The van der Waals surface area contributed by atoms with Gasteiger partial charge in [-0.25, -0.2) is 0 Å². The molecule has 0 spiro atoms. The summed E-state index contributed by atoms with van der Waals surface area (Å²) in [5, 5.41) is 12.5. The molecule has 1 rings (SSSR count). The number of nitrogens with zero attached hydrogens (tertiary/aromatic N) is 1. The Morgan fingerprint density at radius 3 is 2.57 bits per heavy atom. The molecule has 1 fully saturated rings. The molecule has 3 nitrogen and oxygen atoms in total. The first kappa shape index (κ1) is 12.0. The summed E-state index contributed by atoms with van der Waals surface area (Å²) in [6, 6.07) is 1.29. The van der Waals surface area contributed by atoms with Gasteiger partial charge in [0.2, 0.25) is 0 Å². The molecule has 2 N–H and O–H groups in total. The average Bonchev–Trinajstić information content (AvgIpc) is 2.71. The van der Waals surface area contributed by atoms with Crippen LogP contribution in [-0.2, 0) is 0 Å². The van der Waals surface area contributed by atoms with Crippen LogP contribution in [0.1, 0.15) is 33.1 Å². The Morgan fingerprint density at radius 1 is 1.43 bits per heavy atom. The highest BCUT2D eigenvalue weighted by molar-refractivity contribution is 4.84. The Kier molecular flexibility index (Phi) is 5.45. The third-order valence-corrected chi connectivity index (χ3v) is 3.27. The molecule has 1 heterocycles. The van der Waals surface area contributed by atoms with Crippen LogP contribution >= 0.6 is 0 Å². The first-order valence-corrected chi connectivity index (χ1v) is 5.90. The number of aliphatic hydroxyl groups is 1. The lowest BCUT2D eigenvalue weighted by atomic mass is 10.1. The lowest BCUT2D eigenvalue weighted by Gasteiger charge is -2.34. The summed E-state index contributed by atoms with van der Waals surface area (Å²) < 4.78 is 0. The highest BCUT2D eigenvalue weighted by Gasteiger charge is 2.26. The van der Waals surface area contributed by atoms with Crippen LogP contribution in [0.25, 0.3) is 0 Å². The molecule has 0 aliphatic carbocycles. The van der Waals surface area contributed by atoms with Gasteiger partial charge in [0.1, 0.15) is 0 Å². The lowest BCUT2D eigenvalue weighted by molar-refractivity contribution is 0.105. The molecule has 0 bridgehead atoms. The van der Waals surface area contributed by atoms with Crippen molar-refractivity contribution >= 4 is 0 Å². The van der Waals surface area contributed by atoms with Gasteiger partial charge in [-0.05, 0) is 25.8 Å². The number of hydrogen-bond acceptors (Lipinski definition) is 3. The summed E-state index contributed by atoms with van der Waals surface area (Å²) in [5.41, 5.74) is 0. The van der Waals surface area contributed by atoms with Gasteiger partial charge in [-0.3, -0.25) is 4.90 Å².